The van der Waals surface area contributed by atoms with Gasteiger partial charge in [-0.1, -0.05) is 25.1 Å². The van der Waals surface area contributed by atoms with E-state index < -0.39 is 10.0 Å². The minimum Gasteiger partial charge on any atom is -0.330 e. The van der Waals surface area contributed by atoms with E-state index >= 15 is 0 Å². The highest BCUT2D eigenvalue weighted by Crippen LogP contribution is 2.22. The third-order valence-electron chi connectivity index (χ3n) is 2.61. The summed E-state index contributed by atoms with van der Waals surface area (Å²) in [5.74, 6) is 0.0704. The molecule has 17 heavy (non-hydrogen) atoms. The summed E-state index contributed by atoms with van der Waals surface area (Å²) in [6.07, 6.45) is 1.28. The zero-order valence-corrected chi connectivity index (χ0v) is 11.2. The van der Waals surface area contributed by atoms with Crippen molar-refractivity contribution in [3.8, 4) is 0 Å². The number of nitrogens with one attached hydrogen (secondary N) is 1. The molecule has 0 atom stereocenters. The van der Waals surface area contributed by atoms with Crippen molar-refractivity contribution in [2.45, 2.75) is 26.7 Å². The van der Waals surface area contributed by atoms with Crippen molar-refractivity contribution in [1.82, 2.24) is 0 Å². The largest absolute Gasteiger partial charge is 0.330 e. The van der Waals surface area contributed by atoms with Gasteiger partial charge in [0.2, 0.25) is 10.0 Å². The van der Waals surface area contributed by atoms with Crippen molar-refractivity contribution in [3.63, 3.8) is 0 Å². The molecule has 96 valence electrons. The second-order valence-corrected chi connectivity index (χ2v) is 5.87. The summed E-state index contributed by atoms with van der Waals surface area (Å²) in [6.45, 7) is 4.29. The summed E-state index contributed by atoms with van der Waals surface area (Å²) in [6, 6.07) is 5.78. The monoisotopic (exact) mass is 256 g/mol. The highest BCUT2D eigenvalue weighted by atomic mass is 32.2. The molecule has 5 heteroatoms. The fraction of sp³-hybridized carbons (Fsp3) is 0.500. The lowest BCUT2D eigenvalue weighted by molar-refractivity contribution is 0.598. The highest BCUT2D eigenvalue weighted by molar-refractivity contribution is 7.92. The van der Waals surface area contributed by atoms with Crippen LogP contribution in [0.4, 0.5) is 5.69 Å². The number of hydrogen-bond donors (Lipinski definition) is 2. The van der Waals surface area contributed by atoms with Gasteiger partial charge in [-0.25, -0.2) is 8.42 Å². The maximum atomic E-state index is 11.8. The third-order valence-corrected chi connectivity index (χ3v) is 3.96. The van der Waals surface area contributed by atoms with Crippen molar-refractivity contribution < 1.29 is 8.42 Å². The summed E-state index contributed by atoms with van der Waals surface area (Å²) in [4.78, 5) is 0. The molecule has 0 aliphatic heterocycles. The van der Waals surface area contributed by atoms with E-state index in [9.17, 15) is 8.42 Å². The predicted molar refractivity (Wildman–Crippen MR) is 71.6 cm³/mol. The van der Waals surface area contributed by atoms with E-state index in [4.69, 9.17) is 5.73 Å². The van der Waals surface area contributed by atoms with Gasteiger partial charge in [-0.05, 0) is 37.4 Å². The molecule has 1 aromatic carbocycles. The average molecular weight is 256 g/mol. The van der Waals surface area contributed by atoms with Gasteiger partial charge in [-0.2, -0.15) is 0 Å². The number of hydrogen-bond acceptors (Lipinski definition) is 3. The van der Waals surface area contributed by atoms with Gasteiger partial charge in [-0.3, -0.25) is 4.72 Å². The molecule has 3 N–H and O–H groups in total. The molecule has 0 radical (unpaired) electrons. The molecule has 0 amide bonds. The van der Waals surface area contributed by atoms with E-state index in [1.807, 2.05) is 32.0 Å². The van der Waals surface area contributed by atoms with Crippen molar-refractivity contribution in [3.05, 3.63) is 29.3 Å². The molecule has 1 aromatic rings. The first-order valence-corrected chi connectivity index (χ1v) is 7.44. The van der Waals surface area contributed by atoms with E-state index in [2.05, 4.69) is 4.72 Å². The molecule has 0 fully saturated rings. The lowest BCUT2D eigenvalue weighted by Crippen LogP contribution is -2.20. The molecule has 0 unspecified atom stereocenters. The fourth-order valence-corrected chi connectivity index (χ4v) is 2.90. The Bertz CT molecular complexity index is 469. The summed E-state index contributed by atoms with van der Waals surface area (Å²) in [5.41, 5.74) is 8.00. The van der Waals surface area contributed by atoms with Gasteiger partial charge < -0.3 is 5.73 Å². The first-order chi connectivity index (χ1) is 8.00. The molecular formula is C12H20N2O2S. The molecule has 1 rings (SSSR count). The van der Waals surface area contributed by atoms with Gasteiger partial charge in [0.05, 0.1) is 11.4 Å². The number of para-hydroxylation sites is 1. The summed E-state index contributed by atoms with van der Waals surface area (Å²) < 4.78 is 26.3. The van der Waals surface area contributed by atoms with E-state index in [1.54, 1.807) is 0 Å². The van der Waals surface area contributed by atoms with Crippen LogP contribution < -0.4 is 10.5 Å². The van der Waals surface area contributed by atoms with E-state index in [0.717, 1.165) is 17.5 Å². The molecular weight excluding hydrogens is 236 g/mol. The number of benzene rings is 1. The van der Waals surface area contributed by atoms with E-state index in [0.29, 0.717) is 18.7 Å². The molecule has 0 heterocycles. The minimum atomic E-state index is -3.28. The Kier molecular flexibility index (Phi) is 4.96. The molecule has 0 bridgehead atoms. The van der Waals surface area contributed by atoms with Crippen LogP contribution in [-0.4, -0.2) is 20.7 Å². The molecule has 0 spiro atoms. The van der Waals surface area contributed by atoms with Crippen LogP contribution in [0, 0.1) is 6.92 Å². The third kappa shape index (κ3) is 4.02. The van der Waals surface area contributed by atoms with Crippen molar-refractivity contribution >= 4 is 15.7 Å². The minimum absolute atomic E-state index is 0.0704. The van der Waals surface area contributed by atoms with Crippen LogP contribution in [0.25, 0.3) is 0 Å². The number of sulfonamides is 1. The van der Waals surface area contributed by atoms with Crippen molar-refractivity contribution in [1.29, 1.82) is 0 Å². The number of anilines is 1. The molecule has 4 nitrogen and oxygen atoms in total. The van der Waals surface area contributed by atoms with Crippen LogP contribution in [0.5, 0.6) is 0 Å². The summed E-state index contributed by atoms with van der Waals surface area (Å²) in [7, 11) is -3.28. The predicted octanol–water partition coefficient (Wildman–Crippen LogP) is 1.65. The Morgan fingerprint density at radius 1 is 1.35 bits per heavy atom. The van der Waals surface area contributed by atoms with Gasteiger partial charge >= 0.3 is 0 Å². The first kappa shape index (κ1) is 14.0. The lowest BCUT2D eigenvalue weighted by Gasteiger charge is -2.14. The molecule has 0 saturated carbocycles. The topological polar surface area (TPSA) is 72.2 Å². The number of nitrogens with two attached hydrogens (primary N) is 1. The zero-order valence-electron chi connectivity index (χ0n) is 10.4. The van der Waals surface area contributed by atoms with Gasteiger partial charge in [0.1, 0.15) is 0 Å². The Balaban J connectivity index is 2.94. The highest BCUT2D eigenvalue weighted by Gasteiger charge is 2.13. The van der Waals surface area contributed by atoms with Gasteiger partial charge in [-0.15, -0.1) is 0 Å². The molecule has 0 aromatic heterocycles. The maximum absolute atomic E-state index is 11.8. The van der Waals surface area contributed by atoms with Crippen LogP contribution in [0.3, 0.4) is 0 Å². The first-order valence-electron chi connectivity index (χ1n) is 5.79. The SMILES string of the molecule is CCc1cccc(C)c1NS(=O)(=O)CCCN. The molecule has 0 saturated heterocycles. The van der Waals surface area contributed by atoms with Crippen LogP contribution in [0.1, 0.15) is 24.5 Å². The number of rotatable bonds is 6. The maximum Gasteiger partial charge on any atom is 0.232 e. The van der Waals surface area contributed by atoms with Crippen LogP contribution in [-0.2, 0) is 16.4 Å². The normalized spacial score (nSPS) is 11.5. The Morgan fingerprint density at radius 2 is 2.06 bits per heavy atom. The van der Waals surface area contributed by atoms with Crippen LogP contribution >= 0.6 is 0 Å². The smallest absolute Gasteiger partial charge is 0.232 e. The average Bonchev–Trinajstić information content (AvgIpc) is 2.29. The standard InChI is InChI=1S/C12H20N2O2S/c1-3-11-7-4-6-10(2)12(11)14-17(15,16)9-5-8-13/h4,6-7,14H,3,5,8-9,13H2,1-2H3. The fourth-order valence-electron chi connectivity index (χ4n) is 1.65. The van der Waals surface area contributed by atoms with Gasteiger partial charge in [0.15, 0.2) is 0 Å². The summed E-state index contributed by atoms with van der Waals surface area (Å²) in [5, 5.41) is 0. The van der Waals surface area contributed by atoms with Crippen molar-refractivity contribution in [2.75, 3.05) is 17.0 Å². The Hall–Kier alpha value is -1.07. The molecule has 0 aliphatic carbocycles. The number of aryl methyl sites for hydroxylation is 2. The van der Waals surface area contributed by atoms with E-state index in [1.165, 1.54) is 0 Å². The van der Waals surface area contributed by atoms with E-state index in [-0.39, 0.29) is 5.75 Å². The quantitative estimate of drug-likeness (QED) is 0.813. The Labute approximate surface area is 103 Å². The second-order valence-electron chi connectivity index (χ2n) is 4.03. The Morgan fingerprint density at radius 3 is 2.65 bits per heavy atom. The zero-order chi connectivity index (χ0) is 12.9. The van der Waals surface area contributed by atoms with Crippen LogP contribution in [0.2, 0.25) is 0 Å². The lowest BCUT2D eigenvalue weighted by atomic mass is 10.1. The van der Waals surface area contributed by atoms with Crippen molar-refractivity contribution in [2.24, 2.45) is 5.73 Å². The van der Waals surface area contributed by atoms with Crippen LogP contribution in [0.15, 0.2) is 18.2 Å². The second kappa shape index (κ2) is 6.02. The molecule has 0 aliphatic rings. The summed E-state index contributed by atoms with van der Waals surface area (Å²) >= 11 is 0. The van der Waals surface area contributed by atoms with Gasteiger partial charge in [0.25, 0.3) is 0 Å². The van der Waals surface area contributed by atoms with Gasteiger partial charge in [0, 0.05) is 0 Å².